The van der Waals surface area contributed by atoms with Crippen molar-refractivity contribution in [3.8, 4) is 0 Å². The molecule has 0 saturated carbocycles. The number of carbonyl (C=O) groups excluding carboxylic acids is 1. The molecule has 1 aliphatic rings. The van der Waals surface area contributed by atoms with Gasteiger partial charge in [0.05, 0.1) is 11.1 Å². The van der Waals surface area contributed by atoms with Crippen LogP contribution in [0, 0.1) is 0 Å². The summed E-state index contributed by atoms with van der Waals surface area (Å²) in [6.45, 7) is 0.784. The first-order valence-corrected chi connectivity index (χ1v) is 4.63. The van der Waals surface area contributed by atoms with Gasteiger partial charge in [0.25, 0.3) is 5.91 Å². The number of aromatic nitrogens is 1. The number of hydrogen-bond donors (Lipinski definition) is 1. The van der Waals surface area contributed by atoms with Gasteiger partial charge >= 0.3 is 0 Å². The van der Waals surface area contributed by atoms with Gasteiger partial charge in [0.2, 0.25) is 0 Å². The molecule has 1 aromatic heterocycles. The van der Waals surface area contributed by atoms with E-state index in [0.717, 1.165) is 0 Å². The maximum absolute atomic E-state index is 11.6. The Labute approximate surface area is 86.1 Å². The molecule has 1 amide bonds. The molecule has 1 saturated heterocycles. The van der Waals surface area contributed by atoms with Crippen molar-refractivity contribution in [2.45, 2.75) is 6.10 Å². The van der Waals surface area contributed by atoms with Crippen molar-refractivity contribution < 1.29 is 9.90 Å². The van der Waals surface area contributed by atoms with Crippen LogP contribution in [-0.2, 0) is 0 Å². The van der Waals surface area contributed by atoms with E-state index in [0.29, 0.717) is 23.8 Å². The minimum atomic E-state index is -0.383. The summed E-state index contributed by atoms with van der Waals surface area (Å²) in [5.41, 5.74) is 0.362. The van der Waals surface area contributed by atoms with Crippen LogP contribution in [0.4, 0.5) is 0 Å². The summed E-state index contributed by atoms with van der Waals surface area (Å²) in [4.78, 5) is 17.0. The van der Waals surface area contributed by atoms with Crippen LogP contribution in [0.5, 0.6) is 0 Å². The second-order valence-corrected chi connectivity index (χ2v) is 3.66. The molecule has 0 spiro atoms. The molecule has 14 heavy (non-hydrogen) atoms. The molecule has 1 aromatic rings. The molecule has 0 aliphatic carbocycles. The number of nitrogens with zero attached hydrogens (tertiary/aromatic N) is 2. The van der Waals surface area contributed by atoms with Crippen LogP contribution < -0.4 is 0 Å². The Morgan fingerprint density at radius 3 is 2.79 bits per heavy atom. The third kappa shape index (κ3) is 1.71. The lowest BCUT2D eigenvalue weighted by Crippen LogP contribution is -2.53. The van der Waals surface area contributed by atoms with E-state index in [1.165, 1.54) is 6.20 Å². The Hall–Kier alpha value is -1.13. The third-order valence-electron chi connectivity index (χ3n) is 2.10. The predicted octanol–water partition coefficient (Wildman–Crippen LogP) is 0.552. The van der Waals surface area contributed by atoms with E-state index >= 15 is 0 Å². The van der Waals surface area contributed by atoms with Crippen molar-refractivity contribution >= 4 is 17.5 Å². The zero-order chi connectivity index (χ0) is 10.1. The van der Waals surface area contributed by atoms with Gasteiger partial charge in [0.1, 0.15) is 5.69 Å². The Morgan fingerprint density at radius 2 is 2.29 bits per heavy atom. The van der Waals surface area contributed by atoms with Crippen molar-refractivity contribution in [3.05, 3.63) is 29.0 Å². The Morgan fingerprint density at radius 1 is 1.57 bits per heavy atom. The highest BCUT2D eigenvalue weighted by Crippen LogP contribution is 2.13. The van der Waals surface area contributed by atoms with Crippen LogP contribution in [-0.4, -0.2) is 40.1 Å². The molecule has 2 heterocycles. The van der Waals surface area contributed by atoms with E-state index in [1.807, 2.05) is 0 Å². The molecule has 1 aliphatic heterocycles. The Kier molecular flexibility index (Phi) is 2.39. The van der Waals surface area contributed by atoms with Crippen LogP contribution in [0.3, 0.4) is 0 Å². The van der Waals surface area contributed by atoms with E-state index in [-0.39, 0.29) is 12.0 Å². The third-order valence-corrected chi connectivity index (χ3v) is 2.32. The smallest absolute Gasteiger partial charge is 0.272 e. The predicted molar refractivity (Wildman–Crippen MR) is 51.2 cm³/mol. The number of carbonyl (C=O) groups is 1. The number of rotatable bonds is 1. The molecule has 0 atom stereocenters. The fourth-order valence-corrected chi connectivity index (χ4v) is 1.40. The average molecular weight is 213 g/mol. The highest BCUT2D eigenvalue weighted by atomic mass is 35.5. The Balaban J connectivity index is 2.08. The summed E-state index contributed by atoms with van der Waals surface area (Å²) in [5.74, 6) is -0.160. The maximum atomic E-state index is 11.6. The first-order valence-electron chi connectivity index (χ1n) is 4.26. The summed E-state index contributed by atoms with van der Waals surface area (Å²) in [7, 11) is 0. The van der Waals surface area contributed by atoms with Crippen LogP contribution >= 0.6 is 11.6 Å². The average Bonchev–Trinajstić information content (AvgIpc) is 2.13. The monoisotopic (exact) mass is 212 g/mol. The van der Waals surface area contributed by atoms with Gasteiger partial charge in [-0.1, -0.05) is 11.6 Å². The normalized spacial score (nSPS) is 16.6. The summed E-state index contributed by atoms with van der Waals surface area (Å²) in [5, 5.41) is 9.53. The number of pyridine rings is 1. The van der Waals surface area contributed by atoms with E-state index in [4.69, 9.17) is 16.7 Å². The molecule has 0 unspecified atom stereocenters. The van der Waals surface area contributed by atoms with Crippen molar-refractivity contribution in [1.82, 2.24) is 9.88 Å². The molecule has 5 heteroatoms. The summed E-state index contributed by atoms with van der Waals surface area (Å²) in [6, 6.07) is 3.20. The molecule has 74 valence electrons. The minimum Gasteiger partial charge on any atom is -0.389 e. The molecule has 0 bridgehead atoms. The van der Waals surface area contributed by atoms with E-state index in [9.17, 15) is 4.79 Å². The SMILES string of the molecule is O=C(c1ccc(Cl)cn1)N1CC(O)C1. The number of β-amino-alcohol motifs (C(OH)–C–C–N with tert-alkyl or cyclic N) is 1. The molecule has 0 radical (unpaired) electrons. The number of halogens is 1. The molecule has 0 aromatic carbocycles. The summed E-state index contributed by atoms with van der Waals surface area (Å²) in [6.07, 6.45) is 1.05. The van der Waals surface area contributed by atoms with Crippen LogP contribution in [0.1, 0.15) is 10.5 Å². The summed E-state index contributed by atoms with van der Waals surface area (Å²) >= 11 is 5.64. The second-order valence-electron chi connectivity index (χ2n) is 3.23. The highest BCUT2D eigenvalue weighted by molar-refractivity contribution is 6.30. The van der Waals surface area contributed by atoms with Crippen LogP contribution in [0.15, 0.2) is 18.3 Å². The molecular weight excluding hydrogens is 204 g/mol. The van der Waals surface area contributed by atoms with Gasteiger partial charge in [0, 0.05) is 19.3 Å². The number of amides is 1. The van der Waals surface area contributed by atoms with Gasteiger partial charge in [-0.3, -0.25) is 4.79 Å². The zero-order valence-electron chi connectivity index (χ0n) is 7.35. The quantitative estimate of drug-likeness (QED) is 0.740. The Bertz CT molecular complexity index is 346. The second kappa shape index (κ2) is 3.55. The van der Waals surface area contributed by atoms with Crippen molar-refractivity contribution in [2.24, 2.45) is 0 Å². The highest BCUT2D eigenvalue weighted by Gasteiger charge is 2.29. The molecule has 4 nitrogen and oxygen atoms in total. The van der Waals surface area contributed by atoms with Gasteiger partial charge < -0.3 is 10.0 Å². The lowest BCUT2D eigenvalue weighted by atomic mass is 10.1. The van der Waals surface area contributed by atoms with Gasteiger partial charge in [-0.25, -0.2) is 4.98 Å². The number of hydrogen-bond acceptors (Lipinski definition) is 3. The first kappa shape index (κ1) is 9.43. The van der Waals surface area contributed by atoms with Crippen molar-refractivity contribution in [2.75, 3.05) is 13.1 Å². The van der Waals surface area contributed by atoms with E-state index in [2.05, 4.69) is 4.98 Å². The van der Waals surface area contributed by atoms with Crippen LogP contribution in [0.2, 0.25) is 5.02 Å². The zero-order valence-corrected chi connectivity index (χ0v) is 8.11. The molecule has 1 N–H and O–H groups in total. The van der Waals surface area contributed by atoms with E-state index in [1.54, 1.807) is 17.0 Å². The van der Waals surface area contributed by atoms with Crippen LogP contribution in [0.25, 0.3) is 0 Å². The van der Waals surface area contributed by atoms with Gasteiger partial charge in [-0.05, 0) is 12.1 Å². The van der Waals surface area contributed by atoms with Crippen molar-refractivity contribution in [1.29, 1.82) is 0 Å². The number of aliphatic hydroxyl groups excluding tert-OH is 1. The summed E-state index contributed by atoms with van der Waals surface area (Å²) < 4.78 is 0. The standard InChI is InChI=1S/C9H9ClN2O2/c10-6-1-2-8(11-3-6)9(14)12-4-7(13)5-12/h1-3,7,13H,4-5H2. The largest absolute Gasteiger partial charge is 0.389 e. The first-order chi connectivity index (χ1) is 6.66. The molecular formula is C9H9ClN2O2. The van der Waals surface area contributed by atoms with Gasteiger partial charge in [-0.2, -0.15) is 0 Å². The van der Waals surface area contributed by atoms with Crippen molar-refractivity contribution in [3.63, 3.8) is 0 Å². The molecule has 1 fully saturated rings. The number of likely N-dealkylation sites (tertiary alicyclic amines) is 1. The minimum absolute atomic E-state index is 0.160. The molecule has 2 rings (SSSR count). The topological polar surface area (TPSA) is 53.4 Å². The lowest BCUT2D eigenvalue weighted by Gasteiger charge is -2.35. The van der Waals surface area contributed by atoms with Gasteiger partial charge in [-0.15, -0.1) is 0 Å². The lowest BCUT2D eigenvalue weighted by molar-refractivity contribution is 0.00550. The fourth-order valence-electron chi connectivity index (χ4n) is 1.29. The fraction of sp³-hybridized carbons (Fsp3) is 0.333. The van der Waals surface area contributed by atoms with Gasteiger partial charge in [0.15, 0.2) is 0 Å². The van der Waals surface area contributed by atoms with E-state index < -0.39 is 0 Å². The number of aliphatic hydroxyl groups is 1. The maximum Gasteiger partial charge on any atom is 0.272 e.